The Bertz CT molecular complexity index is 960. The molecule has 6 heteroatoms. The van der Waals surface area contributed by atoms with Gasteiger partial charge in [-0.15, -0.1) is 0 Å². The number of nitrogens with zero attached hydrogens (tertiary/aromatic N) is 3. The summed E-state index contributed by atoms with van der Waals surface area (Å²) in [6, 6.07) is 16.1. The molecule has 28 heavy (non-hydrogen) atoms. The maximum absolute atomic E-state index is 12.5. The predicted octanol–water partition coefficient (Wildman–Crippen LogP) is 5.22. The second-order valence-corrected chi connectivity index (χ2v) is 8.36. The molecule has 0 bridgehead atoms. The Morgan fingerprint density at radius 1 is 1.07 bits per heavy atom. The largest absolute Gasteiger partial charge is 0.342 e. The summed E-state index contributed by atoms with van der Waals surface area (Å²) in [7, 11) is 0. The summed E-state index contributed by atoms with van der Waals surface area (Å²) in [5, 5.41) is 1.50. The molecule has 0 spiro atoms. The van der Waals surface area contributed by atoms with Gasteiger partial charge in [-0.2, -0.15) is 0 Å². The molecule has 0 aliphatic carbocycles. The monoisotopic (exact) mass is 411 g/mol. The van der Waals surface area contributed by atoms with Gasteiger partial charge in [0.1, 0.15) is 0 Å². The first-order valence-corrected chi connectivity index (χ1v) is 10.8. The van der Waals surface area contributed by atoms with E-state index in [4.69, 9.17) is 11.6 Å². The highest BCUT2D eigenvalue weighted by atomic mass is 35.5. The van der Waals surface area contributed by atoms with Crippen LogP contribution in [0.2, 0.25) is 5.02 Å². The van der Waals surface area contributed by atoms with Gasteiger partial charge in [0, 0.05) is 29.4 Å². The molecule has 0 radical (unpaired) electrons. The van der Waals surface area contributed by atoms with Gasteiger partial charge in [0.15, 0.2) is 5.16 Å². The molecule has 1 amide bonds. The van der Waals surface area contributed by atoms with Crippen molar-refractivity contribution in [3.63, 3.8) is 0 Å². The number of thioether (sulfide) groups is 1. The number of likely N-dealkylation sites (tertiary alicyclic amines) is 1. The van der Waals surface area contributed by atoms with Crippen molar-refractivity contribution in [1.29, 1.82) is 0 Å². The number of carbonyl (C=O) groups is 1. The Hall–Kier alpha value is -2.24. The minimum atomic E-state index is 0.185. The number of benzene rings is 2. The highest BCUT2D eigenvalue weighted by Crippen LogP contribution is 2.31. The zero-order chi connectivity index (χ0) is 19.5. The Morgan fingerprint density at radius 2 is 1.75 bits per heavy atom. The van der Waals surface area contributed by atoms with Crippen LogP contribution in [0.25, 0.3) is 16.9 Å². The average Bonchev–Trinajstić information content (AvgIpc) is 3.38. The van der Waals surface area contributed by atoms with Crippen LogP contribution in [0.5, 0.6) is 0 Å². The van der Waals surface area contributed by atoms with Crippen LogP contribution in [0.4, 0.5) is 0 Å². The Morgan fingerprint density at radius 3 is 2.43 bits per heavy atom. The Balaban J connectivity index is 1.66. The van der Waals surface area contributed by atoms with Crippen LogP contribution in [0.1, 0.15) is 18.4 Å². The maximum Gasteiger partial charge on any atom is 0.233 e. The molecular weight excluding hydrogens is 390 g/mol. The van der Waals surface area contributed by atoms with Crippen LogP contribution in [-0.2, 0) is 4.79 Å². The van der Waals surface area contributed by atoms with Gasteiger partial charge in [-0.1, -0.05) is 53.2 Å². The van der Waals surface area contributed by atoms with Crippen molar-refractivity contribution in [3.05, 3.63) is 65.3 Å². The van der Waals surface area contributed by atoms with Crippen molar-refractivity contribution < 1.29 is 4.79 Å². The van der Waals surface area contributed by atoms with E-state index in [0.29, 0.717) is 10.8 Å². The second kappa shape index (κ2) is 8.41. The fourth-order valence-corrected chi connectivity index (χ4v) is 4.41. The van der Waals surface area contributed by atoms with Crippen molar-refractivity contribution >= 4 is 29.3 Å². The first-order chi connectivity index (χ1) is 13.6. The number of aryl methyl sites for hydroxylation is 1. The summed E-state index contributed by atoms with van der Waals surface area (Å²) in [6.45, 7) is 3.82. The van der Waals surface area contributed by atoms with Gasteiger partial charge in [0.25, 0.3) is 0 Å². The van der Waals surface area contributed by atoms with Gasteiger partial charge >= 0.3 is 0 Å². The molecule has 2 heterocycles. The molecule has 4 rings (SSSR count). The summed E-state index contributed by atoms with van der Waals surface area (Å²) in [4.78, 5) is 19.1. The van der Waals surface area contributed by atoms with E-state index in [1.807, 2.05) is 35.4 Å². The van der Waals surface area contributed by atoms with Gasteiger partial charge in [-0.25, -0.2) is 4.98 Å². The average molecular weight is 412 g/mol. The van der Waals surface area contributed by atoms with Crippen molar-refractivity contribution in [1.82, 2.24) is 14.5 Å². The van der Waals surface area contributed by atoms with E-state index >= 15 is 0 Å². The van der Waals surface area contributed by atoms with Gasteiger partial charge < -0.3 is 4.90 Å². The minimum absolute atomic E-state index is 0.185. The SMILES string of the molecule is Cc1ccc(-c2cnc(SCC(=O)N3CCCC3)n2-c2ccc(Cl)cc2)cc1. The predicted molar refractivity (Wildman–Crippen MR) is 115 cm³/mol. The molecule has 4 nitrogen and oxygen atoms in total. The van der Waals surface area contributed by atoms with Gasteiger partial charge in [-0.3, -0.25) is 9.36 Å². The van der Waals surface area contributed by atoms with E-state index in [2.05, 4.69) is 40.7 Å². The third-order valence-electron chi connectivity index (χ3n) is 4.95. The number of rotatable bonds is 5. The topological polar surface area (TPSA) is 38.1 Å². The van der Waals surface area contributed by atoms with Gasteiger partial charge in [0.2, 0.25) is 5.91 Å². The molecule has 1 aromatic heterocycles. The molecule has 144 valence electrons. The highest BCUT2D eigenvalue weighted by molar-refractivity contribution is 7.99. The quantitative estimate of drug-likeness (QED) is 0.540. The zero-order valence-electron chi connectivity index (χ0n) is 15.8. The molecule has 1 aliphatic rings. The molecule has 0 saturated carbocycles. The second-order valence-electron chi connectivity index (χ2n) is 6.98. The van der Waals surface area contributed by atoms with E-state index < -0.39 is 0 Å². The lowest BCUT2D eigenvalue weighted by molar-refractivity contribution is -0.127. The van der Waals surface area contributed by atoms with Crippen LogP contribution < -0.4 is 0 Å². The van der Waals surface area contributed by atoms with E-state index in [1.165, 1.54) is 17.3 Å². The van der Waals surface area contributed by atoms with E-state index in [-0.39, 0.29) is 5.91 Å². The van der Waals surface area contributed by atoms with Crippen molar-refractivity contribution in [2.75, 3.05) is 18.8 Å². The van der Waals surface area contributed by atoms with Crippen molar-refractivity contribution in [2.45, 2.75) is 24.9 Å². The molecule has 2 aromatic carbocycles. The minimum Gasteiger partial charge on any atom is -0.342 e. The van der Waals surface area contributed by atoms with Crippen LogP contribution in [0.15, 0.2) is 59.9 Å². The fraction of sp³-hybridized carbons (Fsp3) is 0.273. The lowest BCUT2D eigenvalue weighted by atomic mass is 10.1. The number of hydrogen-bond acceptors (Lipinski definition) is 3. The summed E-state index contributed by atoms with van der Waals surface area (Å²) in [6.07, 6.45) is 4.09. The molecule has 0 atom stereocenters. The lowest BCUT2D eigenvalue weighted by Gasteiger charge is -2.16. The Kier molecular flexibility index (Phi) is 5.74. The molecule has 0 N–H and O–H groups in total. The van der Waals surface area contributed by atoms with Gasteiger partial charge in [0.05, 0.1) is 17.6 Å². The van der Waals surface area contributed by atoms with Crippen LogP contribution in [0.3, 0.4) is 0 Å². The zero-order valence-corrected chi connectivity index (χ0v) is 17.3. The van der Waals surface area contributed by atoms with E-state index in [1.54, 1.807) is 0 Å². The molecule has 0 unspecified atom stereocenters. The van der Waals surface area contributed by atoms with Crippen LogP contribution in [0, 0.1) is 6.92 Å². The molecule has 1 saturated heterocycles. The number of halogens is 1. The molecule has 1 fully saturated rings. The Labute approximate surface area is 174 Å². The van der Waals surface area contributed by atoms with Crippen molar-refractivity contribution in [2.24, 2.45) is 0 Å². The van der Waals surface area contributed by atoms with E-state index in [0.717, 1.165) is 48.0 Å². The smallest absolute Gasteiger partial charge is 0.233 e. The summed E-state index contributed by atoms with van der Waals surface area (Å²) in [5.41, 5.74) is 4.28. The van der Waals surface area contributed by atoms with Crippen molar-refractivity contribution in [3.8, 4) is 16.9 Å². The highest BCUT2D eigenvalue weighted by Gasteiger charge is 2.20. The summed E-state index contributed by atoms with van der Waals surface area (Å²) in [5.74, 6) is 0.586. The first kappa shape index (κ1) is 19.1. The summed E-state index contributed by atoms with van der Waals surface area (Å²) >= 11 is 7.57. The third kappa shape index (κ3) is 4.10. The number of imidazole rings is 1. The maximum atomic E-state index is 12.5. The lowest BCUT2D eigenvalue weighted by Crippen LogP contribution is -2.29. The molecule has 1 aliphatic heterocycles. The fourth-order valence-electron chi connectivity index (χ4n) is 3.39. The van der Waals surface area contributed by atoms with Crippen LogP contribution >= 0.6 is 23.4 Å². The first-order valence-electron chi connectivity index (χ1n) is 9.43. The van der Waals surface area contributed by atoms with Crippen LogP contribution in [-0.4, -0.2) is 39.2 Å². The molecule has 3 aromatic rings. The normalized spacial score (nSPS) is 13.9. The number of hydrogen-bond donors (Lipinski definition) is 0. The summed E-state index contributed by atoms with van der Waals surface area (Å²) < 4.78 is 2.10. The van der Waals surface area contributed by atoms with Gasteiger partial charge in [-0.05, 0) is 44.0 Å². The number of aromatic nitrogens is 2. The van der Waals surface area contributed by atoms with E-state index in [9.17, 15) is 4.79 Å². The molecular formula is C22H22ClN3OS. The third-order valence-corrected chi connectivity index (χ3v) is 6.13. The number of amides is 1. The standard InChI is InChI=1S/C22H22ClN3OS/c1-16-4-6-17(7-5-16)20-14-24-22(26(20)19-10-8-18(23)9-11-19)28-15-21(27)25-12-2-3-13-25/h4-11,14H,2-3,12-13,15H2,1H3. The number of carbonyl (C=O) groups excluding carboxylic acids is 1.